The van der Waals surface area contributed by atoms with Crippen molar-refractivity contribution in [1.82, 2.24) is 4.98 Å². The molecule has 2 rings (SSSR count). The fourth-order valence-corrected chi connectivity index (χ4v) is 1.80. The number of ketones is 1. The molecule has 0 saturated heterocycles. The second-order valence-corrected chi connectivity index (χ2v) is 3.96. The van der Waals surface area contributed by atoms with Gasteiger partial charge < -0.3 is 0 Å². The molecule has 1 aromatic heterocycles. The molecule has 0 bridgehead atoms. The normalized spacial score (nSPS) is 19.7. The molecule has 1 aliphatic rings. The fraction of sp³-hybridized carbons (Fsp3) is 0.231. The van der Waals surface area contributed by atoms with Crippen LogP contribution in [0.4, 0.5) is 17.6 Å². The Balaban J connectivity index is 2.28. The lowest BCUT2D eigenvalue weighted by Crippen LogP contribution is -2.28. The maximum atomic E-state index is 13.8. The van der Waals surface area contributed by atoms with Gasteiger partial charge in [0.2, 0.25) is 5.78 Å². The molecule has 19 heavy (non-hydrogen) atoms. The van der Waals surface area contributed by atoms with Crippen LogP contribution in [0.25, 0.3) is 0 Å². The van der Waals surface area contributed by atoms with E-state index in [2.05, 4.69) is 4.98 Å². The van der Waals surface area contributed by atoms with Crippen LogP contribution in [0.1, 0.15) is 16.9 Å². The van der Waals surface area contributed by atoms with E-state index < -0.39 is 29.3 Å². The lowest BCUT2D eigenvalue weighted by atomic mass is 9.91. The van der Waals surface area contributed by atoms with Gasteiger partial charge in [-0.25, -0.2) is 4.39 Å². The number of carbonyl (C=O) groups excluding carboxylic acids is 1. The zero-order valence-electron chi connectivity index (χ0n) is 9.62. The lowest BCUT2D eigenvalue weighted by Gasteiger charge is -2.21. The number of Topliss-reactive ketones (excluding diaryl/α,β-unsaturated/α-hetero) is 1. The quantitative estimate of drug-likeness (QED) is 0.468. The maximum absolute atomic E-state index is 13.8. The van der Waals surface area contributed by atoms with Crippen molar-refractivity contribution in [3.8, 4) is 0 Å². The molecule has 0 aliphatic heterocycles. The molecular weight excluding hydrogens is 262 g/mol. The number of aromatic nitrogens is 1. The minimum absolute atomic E-state index is 0.0696. The highest BCUT2D eigenvalue weighted by Crippen LogP contribution is 2.36. The van der Waals surface area contributed by atoms with E-state index in [1.807, 2.05) is 0 Å². The molecule has 0 amide bonds. The van der Waals surface area contributed by atoms with Crippen molar-refractivity contribution in [3.05, 3.63) is 53.4 Å². The summed E-state index contributed by atoms with van der Waals surface area (Å²) in [7, 11) is 0. The SMILES string of the molecule is O=C(C1=CCC=C(C(F)(F)F)C1F)c1ccccn1. The fourth-order valence-electron chi connectivity index (χ4n) is 1.80. The van der Waals surface area contributed by atoms with Crippen LogP contribution in [0.2, 0.25) is 0 Å². The van der Waals surface area contributed by atoms with Crippen LogP contribution in [0, 0.1) is 0 Å². The summed E-state index contributed by atoms with van der Waals surface area (Å²) < 4.78 is 51.5. The summed E-state index contributed by atoms with van der Waals surface area (Å²) in [5, 5.41) is 0. The number of carbonyl (C=O) groups is 1. The Hall–Kier alpha value is -1.98. The van der Waals surface area contributed by atoms with Crippen LogP contribution in [-0.2, 0) is 0 Å². The summed E-state index contributed by atoms with van der Waals surface area (Å²) in [6.45, 7) is 0. The molecular formula is C13H9F4NO. The smallest absolute Gasteiger partial charge is 0.287 e. The second-order valence-electron chi connectivity index (χ2n) is 3.96. The summed E-state index contributed by atoms with van der Waals surface area (Å²) in [5.41, 5.74) is -1.90. The molecule has 0 aromatic carbocycles. The van der Waals surface area contributed by atoms with Gasteiger partial charge >= 0.3 is 6.18 Å². The van der Waals surface area contributed by atoms with Crippen LogP contribution >= 0.6 is 0 Å². The third kappa shape index (κ3) is 2.72. The van der Waals surface area contributed by atoms with Gasteiger partial charge in [0.05, 0.1) is 5.57 Å². The van der Waals surface area contributed by atoms with Gasteiger partial charge in [0, 0.05) is 11.8 Å². The standard InChI is InChI=1S/C13H9F4NO/c14-11-8(4-3-5-9(11)13(15,16)17)12(19)10-6-1-2-7-18-10/h1-2,4-7,11H,3H2. The zero-order valence-corrected chi connectivity index (χ0v) is 9.62. The monoisotopic (exact) mass is 271 g/mol. The molecule has 0 radical (unpaired) electrons. The largest absolute Gasteiger partial charge is 0.415 e. The summed E-state index contributed by atoms with van der Waals surface area (Å²) in [4.78, 5) is 15.6. The van der Waals surface area contributed by atoms with Crippen LogP contribution < -0.4 is 0 Å². The number of rotatable bonds is 2. The minimum atomic E-state index is -4.77. The average Bonchev–Trinajstić information content (AvgIpc) is 2.38. The van der Waals surface area contributed by atoms with Crippen molar-refractivity contribution in [3.63, 3.8) is 0 Å². The molecule has 6 heteroatoms. The van der Waals surface area contributed by atoms with E-state index in [-0.39, 0.29) is 12.1 Å². The topological polar surface area (TPSA) is 30.0 Å². The van der Waals surface area contributed by atoms with Crippen LogP contribution in [0.3, 0.4) is 0 Å². The number of nitrogens with zero attached hydrogens (tertiary/aromatic N) is 1. The van der Waals surface area contributed by atoms with Gasteiger partial charge in [0.25, 0.3) is 0 Å². The van der Waals surface area contributed by atoms with E-state index >= 15 is 0 Å². The number of pyridine rings is 1. The number of hydrogen-bond acceptors (Lipinski definition) is 2. The first-order valence-electron chi connectivity index (χ1n) is 5.48. The molecule has 2 nitrogen and oxygen atoms in total. The average molecular weight is 271 g/mol. The van der Waals surface area contributed by atoms with E-state index in [9.17, 15) is 22.4 Å². The number of allylic oxidation sites excluding steroid dienone is 4. The first kappa shape index (κ1) is 13.5. The zero-order chi connectivity index (χ0) is 14.0. The van der Waals surface area contributed by atoms with Gasteiger partial charge in [0.15, 0.2) is 6.17 Å². The van der Waals surface area contributed by atoms with Crippen LogP contribution in [0.5, 0.6) is 0 Å². The Labute approximate surface area is 106 Å². The third-order valence-corrected chi connectivity index (χ3v) is 2.71. The Bertz CT molecular complexity index is 546. The Morgan fingerprint density at radius 3 is 2.58 bits per heavy atom. The molecule has 0 spiro atoms. The minimum Gasteiger partial charge on any atom is -0.287 e. The van der Waals surface area contributed by atoms with E-state index in [1.165, 1.54) is 18.3 Å². The van der Waals surface area contributed by atoms with Crippen molar-refractivity contribution in [2.45, 2.75) is 18.8 Å². The highest BCUT2D eigenvalue weighted by molar-refractivity contribution is 6.08. The first-order valence-corrected chi connectivity index (χ1v) is 5.48. The third-order valence-electron chi connectivity index (χ3n) is 2.71. The summed E-state index contributed by atoms with van der Waals surface area (Å²) in [6.07, 6.45) is -4.11. The predicted octanol–water partition coefficient (Wildman–Crippen LogP) is 3.42. The van der Waals surface area contributed by atoms with E-state index in [0.29, 0.717) is 0 Å². The molecule has 0 N–H and O–H groups in total. The summed E-state index contributed by atoms with van der Waals surface area (Å²) >= 11 is 0. The van der Waals surface area contributed by atoms with Gasteiger partial charge in [0.1, 0.15) is 5.69 Å². The first-order chi connectivity index (χ1) is 8.91. The second kappa shape index (κ2) is 4.95. The van der Waals surface area contributed by atoms with Crippen molar-refractivity contribution < 1.29 is 22.4 Å². The number of halogens is 4. The molecule has 0 saturated carbocycles. The van der Waals surface area contributed by atoms with Crippen LogP contribution in [-0.4, -0.2) is 23.1 Å². The van der Waals surface area contributed by atoms with Gasteiger partial charge in [-0.15, -0.1) is 0 Å². The van der Waals surface area contributed by atoms with Crippen LogP contribution in [0.15, 0.2) is 47.7 Å². The van der Waals surface area contributed by atoms with Crippen molar-refractivity contribution in [1.29, 1.82) is 0 Å². The van der Waals surface area contributed by atoms with E-state index in [0.717, 1.165) is 12.2 Å². The highest BCUT2D eigenvalue weighted by Gasteiger charge is 2.42. The molecule has 1 aromatic rings. The molecule has 0 fully saturated rings. The molecule has 100 valence electrons. The summed E-state index contributed by atoms with van der Waals surface area (Å²) in [5.74, 6) is -0.817. The van der Waals surface area contributed by atoms with Crippen molar-refractivity contribution in [2.24, 2.45) is 0 Å². The Morgan fingerprint density at radius 1 is 1.26 bits per heavy atom. The van der Waals surface area contributed by atoms with Crippen molar-refractivity contribution in [2.75, 3.05) is 0 Å². The predicted molar refractivity (Wildman–Crippen MR) is 60.3 cm³/mol. The van der Waals surface area contributed by atoms with Gasteiger partial charge in [-0.1, -0.05) is 18.2 Å². The molecule has 1 heterocycles. The maximum Gasteiger partial charge on any atom is 0.415 e. The van der Waals surface area contributed by atoms with Crippen molar-refractivity contribution >= 4 is 5.78 Å². The molecule has 1 unspecified atom stereocenters. The number of alkyl halides is 4. The highest BCUT2D eigenvalue weighted by atomic mass is 19.4. The van der Waals surface area contributed by atoms with E-state index in [4.69, 9.17) is 0 Å². The van der Waals surface area contributed by atoms with Gasteiger partial charge in [-0.2, -0.15) is 13.2 Å². The summed E-state index contributed by atoms with van der Waals surface area (Å²) in [6, 6.07) is 4.40. The Morgan fingerprint density at radius 2 is 2.00 bits per heavy atom. The number of hydrogen-bond donors (Lipinski definition) is 0. The van der Waals surface area contributed by atoms with Gasteiger partial charge in [-0.3, -0.25) is 9.78 Å². The lowest BCUT2D eigenvalue weighted by molar-refractivity contribution is -0.0990. The molecule has 1 atom stereocenters. The molecule has 1 aliphatic carbocycles. The van der Waals surface area contributed by atoms with Gasteiger partial charge in [-0.05, 0) is 18.6 Å². The van der Waals surface area contributed by atoms with E-state index in [1.54, 1.807) is 6.07 Å². The Kier molecular flexibility index (Phi) is 3.50.